The topological polar surface area (TPSA) is 36.4 Å². The molecule has 4 nitrogen and oxygen atoms in total. The van der Waals surface area contributed by atoms with Gasteiger partial charge in [0.15, 0.2) is 5.13 Å². The van der Waals surface area contributed by atoms with Crippen molar-refractivity contribution in [1.82, 2.24) is 9.88 Å². The summed E-state index contributed by atoms with van der Waals surface area (Å²) in [5.41, 5.74) is 1.33. The summed E-state index contributed by atoms with van der Waals surface area (Å²) in [4.78, 5) is 21.2. The van der Waals surface area contributed by atoms with E-state index in [1.165, 1.54) is 35.6 Å². The minimum atomic E-state index is -0.355. The summed E-state index contributed by atoms with van der Waals surface area (Å²) < 4.78 is 14.2. The van der Waals surface area contributed by atoms with Gasteiger partial charge in [-0.2, -0.15) is 0 Å². The van der Waals surface area contributed by atoms with Gasteiger partial charge in [-0.3, -0.25) is 9.69 Å². The summed E-state index contributed by atoms with van der Waals surface area (Å²) >= 11 is 1.48. The van der Waals surface area contributed by atoms with E-state index in [2.05, 4.69) is 4.98 Å². The Hall–Kier alpha value is -2.31. The van der Waals surface area contributed by atoms with Crippen molar-refractivity contribution in [2.24, 2.45) is 0 Å². The average Bonchev–Trinajstić information content (AvgIpc) is 2.99. The Morgan fingerprint density at radius 3 is 2.46 bits per heavy atom. The van der Waals surface area contributed by atoms with Crippen LogP contribution in [0.3, 0.4) is 0 Å². The van der Waals surface area contributed by atoms with E-state index in [0.29, 0.717) is 23.8 Å². The highest BCUT2D eigenvalue weighted by atomic mass is 32.1. The first-order valence-electron chi connectivity index (χ1n) is 7.62. The lowest BCUT2D eigenvalue weighted by atomic mass is 10.2. The van der Waals surface area contributed by atoms with Crippen molar-refractivity contribution in [2.75, 3.05) is 32.1 Å². The monoisotopic (exact) mass is 343 g/mol. The molecule has 0 unspecified atom stereocenters. The molecule has 124 valence electrons. The highest BCUT2D eigenvalue weighted by Gasteiger charge is 2.21. The summed E-state index contributed by atoms with van der Waals surface area (Å²) in [6.45, 7) is 1.23. The molecule has 0 atom stereocenters. The number of fused-ring (bicyclic) bond motifs is 1. The van der Waals surface area contributed by atoms with Crippen molar-refractivity contribution in [1.29, 1.82) is 0 Å². The zero-order valence-electron chi connectivity index (χ0n) is 13.6. The van der Waals surface area contributed by atoms with Gasteiger partial charge in [0.2, 0.25) is 0 Å². The van der Waals surface area contributed by atoms with Gasteiger partial charge < -0.3 is 4.90 Å². The molecule has 2 aromatic carbocycles. The van der Waals surface area contributed by atoms with E-state index in [0.717, 1.165) is 10.2 Å². The number of likely N-dealkylation sites (N-methyl/N-ethyl adjacent to an activating group) is 1. The molecular formula is C18H18FN3OS. The van der Waals surface area contributed by atoms with Crippen molar-refractivity contribution in [3.8, 4) is 0 Å². The minimum Gasteiger partial charge on any atom is -0.308 e. The molecule has 3 aromatic rings. The highest BCUT2D eigenvalue weighted by Crippen LogP contribution is 2.29. The number of rotatable bonds is 5. The number of benzene rings is 2. The molecule has 1 aromatic heterocycles. The Morgan fingerprint density at radius 1 is 1.08 bits per heavy atom. The SMILES string of the molecule is CN(C)CCN(C(=O)c1ccc(F)cc1)c1nc2ccccc2s1. The van der Waals surface area contributed by atoms with E-state index in [1.54, 1.807) is 4.90 Å². The maximum absolute atomic E-state index is 13.1. The summed E-state index contributed by atoms with van der Waals surface area (Å²) in [7, 11) is 3.91. The Bertz CT molecular complexity index is 812. The predicted octanol–water partition coefficient (Wildman–Crippen LogP) is 3.64. The number of nitrogens with zero attached hydrogens (tertiary/aromatic N) is 3. The zero-order valence-corrected chi connectivity index (χ0v) is 14.4. The molecule has 0 N–H and O–H groups in total. The summed E-state index contributed by atoms with van der Waals surface area (Å²) in [6.07, 6.45) is 0. The zero-order chi connectivity index (χ0) is 17.1. The maximum atomic E-state index is 13.1. The van der Waals surface area contributed by atoms with Crippen molar-refractivity contribution in [3.63, 3.8) is 0 Å². The summed E-state index contributed by atoms with van der Waals surface area (Å²) in [5.74, 6) is -0.526. The maximum Gasteiger partial charge on any atom is 0.260 e. The van der Waals surface area contributed by atoms with E-state index in [9.17, 15) is 9.18 Å². The molecule has 0 fully saturated rings. The molecule has 0 aliphatic heterocycles. The molecule has 0 aliphatic rings. The van der Waals surface area contributed by atoms with Crippen LogP contribution in [0.5, 0.6) is 0 Å². The molecule has 1 heterocycles. The number of carbonyl (C=O) groups is 1. The Balaban J connectivity index is 1.95. The molecule has 0 saturated heterocycles. The van der Waals surface area contributed by atoms with Gasteiger partial charge in [-0.05, 0) is 50.5 Å². The number of thiazole rings is 1. The van der Waals surface area contributed by atoms with Crippen LogP contribution >= 0.6 is 11.3 Å². The first-order valence-corrected chi connectivity index (χ1v) is 8.44. The van der Waals surface area contributed by atoms with Crippen LogP contribution in [0, 0.1) is 5.82 Å². The standard InChI is InChI=1S/C18H18FN3OS/c1-21(2)11-12-22(17(23)13-7-9-14(19)10-8-13)18-20-15-5-3-4-6-16(15)24-18/h3-10H,11-12H2,1-2H3. The van der Waals surface area contributed by atoms with E-state index >= 15 is 0 Å². The van der Waals surface area contributed by atoms with Crippen LogP contribution in [0.25, 0.3) is 10.2 Å². The molecule has 0 aliphatic carbocycles. The third kappa shape index (κ3) is 3.60. The Morgan fingerprint density at radius 2 is 1.79 bits per heavy atom. The molecule has 1 amide bonds. The number of carbonyl (C=O) groups excluding carboxylic acids is 1. The van der Waals surface area contributed by atoms with Crippen LogP contribution in [-0.4, -0.2) is 43.0 Å². The van der Waals surface area contributed by atoms with Crippen LogP contribution in [0.1, 0.15) is 10.4 Å². The van der Waals surface area contributed by atoms with Crippen LogP contribution < -0.4 is 4.90 Å². The van der Waals surface area contributed by atoms with Crippen LogP contribution in [0.2, 0.25) is 0 Å². The van der Waals surface area contributed by atoms with Gasteiger partial charge in [0.25, 0.3) is 5.91 Å². The number of aromatic nitrogens is 1. The quantitative estimate of drug-likeness (QED) is 0.710. The molecule has 0 bridgehead atoms. The third-order valence-corrected chi connectivity index (χ3v) is 4.68. The number of para-hydroxylation sites is 1. The lowest BCUT2D eigenvalue weighted by Gasteiger charge is -2.22. The average molecular weight is 343 g/mol. The number of anilines is 1. The number of hydrogen-bond acceptors (Lipinski definition) is 4. The second-order valence-corrected chi connectivity index (χ2v) is 6.74. The van der Waals surface area contributed by atoms with Gasteiger partial charge in [-0.15, -0.1) is 0 Å². The number of hydrogen-bond donors (Lipinski definition) is 0. The molecule has 0 spiro atoms. The van der Waals surface area contributed by atoms with Gasteiger partial charge in [0, 0.05) is 18.7 Å². The fourth-order valence-electron chi connectivity index (χ4n) is 2.31. The van der Waals surface area contributed by atoms with Crippen LogP contribution in [-0.2, 0) is 0 Å². The largest absolute Gasteiger partial charge is 0.308 e. The van der Waals surface area contributed by atoms with E-state index in [-0.39, 0.29) is 11.7 Å². The smallest absolute Gasteiger partial charge is 0.260 e. The van der Waals surface area contributed by atoms with Gasteiger partial charge in [0.05, 0.1) is 10.2 Å². The summed E-state index contributed by atoms with van der Waals surface area (Å²) in [6, 6.07) is 13.4. The molecule has 3 rings (SSSR count). The third-order valence-electron chi connectivity index (χ3n) is 3.62. The first-order chi connectivity index (χ1) is 11.5. The predicted molar refractivity (Wildman–Crippen MR) is 96.3 cm³/mol. The van der Waals surface area contributed by atoms with Gasteiger partial charge in [-0.25, -0.2) is 9.37 Å². The molecular weight excluding hydrogens is 325 g/mol. The Labute approximate surface area is 144 Å². The number of halogens is 1. The second-order valence-electron chi connectivity index (χ2n) is 5.73. The van der Waals surface area contributed by atoms with Crippen LogP contribution in [0.15, 0.2) is 48.5 Å². The number of amides is 1. The van der Waals surface area contributed by atoms with E-state index in [4.69, 9.17) is 0 Å². The van der Waals surface area contributed by atoms with Gasteiger partial charge in [0.1, 0.15) is 5.82 Å². The lowest BCUT2D eigenvalue weighted by Crippen LogP contribution is -2.36. The molecule has 0 radical (unpaired) electrons. The van der Waals surface area contributed by atoms with E-state index in [1.807, 2.05) is 43.3 Å². The lowest BCUT2D eigenvalue weighted by molar-refractivity contribution is 0.0985. The van der Waals surface area contributed by atoms with E-state index < -0.39 is 0 Å². The fraction of sp³-hybridized carbons (Fsp3) is 0.222. The molecule has 6 heteroatoms. The molecule has 24 heavy (non-hydrogen) atoms. The van der Waals surface area contributed by atoms with Gasteiger partial charge in [-0.1, -0.05) is 23.5 Å². The molecule has 0 saturated carbocycles. The Kier molecular flexibility index (Phi) is 4.87. The van der Waals surface area contributed by atoms with Gasteiger partial charge >= 0.3 is 0 Å². The minimum absolute atomic E-state index is 0.170. The van der Waals surface area contributed by atoms with Crippen LogP contribution in [0.4, 0.5) is 9.52 Å². The van der Waals surface area contributed by atoms with Crippen molar-refractivity contribution >= 4 is 32.6 Å². The normalized spacial score (nSPS) is 11.2. The highest BCUT2D eigenvalue weighted by molar-refractivity contribution is 7.22. The second kappa shape index (κ2) is 7.07. The fourth-order valence-corrected chi connectivity index (χ4v) is 3.30. The first kappa shape index (κ1) is 16.5. The van der Waals surface area contributed by atoms with Crippen molar-refractivity contribution in [3.05, 3.63) is 59.9 Å². The van der Waals surface area contributed by atoms with Crippen molar-refractivity contribution < 1.29 is 9.18 Å². The van der Waals surface area contributed by atoms with Crippen molar-refractivity contribution in [2.45, 2.75) is 0 Å². The summed E-state index contributed by atoms with van der Waals surface area (Å²) in [5, 5.41) is 0.660.